The van der Waals surface area contributed by atoms with Gasteiger partial charge < -0.3 is 14.6 Å². The average molecular weight is 444 g/mol. The van der Waals surface area contributed by atoms with Gasteiger partial charge in [0, 0.05) is 29.3 Å². The molecule has 0 saturated heterocycles. The summed E-state index contributed by atoms with van der Waals surface area (Å²) < 4.78 is 8.74. The maximum absolute atomic E-state index is 12.7. The Morgan fingerprint density at radius 2 is 2.04 bits per heavy atom. The number of ether oxygens (including phenoxy) is 1. The van der Waals surface area contributed by atoms with Gasteiger partial charge in [-0.2, -0.15) is 0 Å². The van der Waals surface area contributed by atoms with Crippen molar-refractivity contribution in [2.24, 2.45) is 7.05 Å². The lowest BCUT2D eigenvalue weighted by Gasteiger charge is -2.26. The second-order valence-corrected chi connectivity index (χ2v) is 8.80. The van der Waals surface area contributed by atoms with Crippen molar-refractivity contribution < 1.29 is 9.53 Å². The number of fused-ring (bicyclic) bond motifs is 1. The van der Waals surface area contributed by atoms with E-state index in [-0.39, 0.29) is 5.91 Å². The van der Waals surface area contributed by atoms with E-state index in [2.05, 4.69) is 58.3 Å². The van der Waals surface area contributed by atoms with Gasteiger partial charge in [-0.15, -0.1) is 0 Å². The van der Waals surface area contributed by atoms with Gasteiger partial charge in [0.25, 0.3) is 5.91 Å². The van der Waals surface area contributed by atoms with Crippen molar-refractivity contribution in [1.29, 1.82) is 0 Å². The van der Waals surface area contributed by atoms with Gasteiger partial charge in [0.1, 0.15) is 5.65 Å². The van der Waals surface area contributed by atoms with E-state index in [1.165, 1.54) is 11.1 Å². The fourth-order valence-corrected chi connectivity index (χ4v) is 3.78. The molecule has 0 aliphatic rings. The molecule has 0 aliphatic carbocycles. The van der Waals surface area contributed by atoms with Crippen LogP contribution in [0.25, 0.3) is 11.0 Å². The van der Waals surface area contributed by atoms with Crippen molar-refractivity contribution >= 4 is 32.9 Å². The molecule has 148 valence electrons. The highest BCUT2D eigenvalue weighted by Crippen LogP contribution is 2.25. The molecule has 0 bridgehead atoms. The van der Waals surface area contributed by atoms with Crippen molar-refractivity contribution in [3.8, 4) is 0 Å². The third kappa shape index (κ3) is 4.62. The number of aromatic nitrogens is 2. The number of nitrogens with zero attached hydrogens (tertiary/aromatic N) is 2. The summed E-state index contributed by atoms with van der Waals surface area (Å²) in [6, 6.07) is 8.18. The van der Waals surface area contributed by atoms with Gasteiger partial charge in [0.05, 0.1) is 24.3 Å². The summed E-state index contributed by atoms with van der Waals surface area (Å²) >= 11 is 3.52. The van der Waals surface area contributed by atoms with Crippen LogP contribution in [0, 0.1) is 13.8 Å². The molecule has 0 spiro atoms. The Morgan fingerprint density at radius 1 is 1.29 bits per heavy atom. The van der Waals surface area contributed by atoms with E-state index in [4.69, 9.17) is 4.74 Å². The first-order chi connectivity index (χ1) is 13.2. The Bertz CT molecular complexity index is 1020. The van der Waals surface area contributed by atoms with Crippen LogP contribution in [0.4, 0.5) is 0 Å². The van der Waals surface area contributed by atoms with Gasteiger partial charge in [-0.1, -0.05) is 23.8 Å². The molecule has 28 heavy (non-hydrogen) atoms. The molecule has 1 aromatic carbocycles. The summed E-state index contributed by atoms with van der Waals surface area (Å²) in [4.78, 5) is 17.1. The van der Waals surface area contributed by atoms with Gasteiger partial charge in [-0.05, 0) is 60.8 Å². The lowest BCUT2D eigenvalue weighted by atomic mass is 10.1. The summed E-state index contributed by atoms with van der Waals surface area (Å²) in [5, 5.41) is 3.96. The minimum atomic E-state index is -0.501. The number of pyridine rings is 1. The van der Waals surface area contributed by atoms with Gasteiger partial charge >= 0.3 is 0 Å². The predicted molar refractivity (Wildman–Crippen MR) is 116 cm³/mol. The lowest BCUT2D eigenvalue weighted by Crippen LogP contribution is -2.47. The highest BCUT2D eigenvalue weighted by atomic mass is 79.9. The standard InChI is InChI=1S/C22H26BrN3O2/c1-14-6-7-16(15(2)8-14)12-28-13-22(3,4)25-21(27)17-9-18-19(23)11-26(5)20(18)24-10-17/h6-11H,12-13H2,1-5H3,(H,25,27). The van der Waals surface area contributed by atoms with Crippen molar-refractivity contribution in [3.05, 3.63) is 63.4 Å². The van der Waals surface area contributed by atoms with Crippen LogP contribution in [-0.2, 0) is 18.4 Å². The zero-order chi connectivity index (χ0) is 20.5. The van der Waals surface area contributed by atoms with E-state index in [1.807, 2.05) is 37.7 Å². The molecule has 2 aromatic heterocycles. The van der Waals surface area contributed by atoms with Gasteiger partial charge in [-0.25, -0.2) is 4.98 Å². The fraction of sp³-hybridized carbons (Fsp3) is 0.364. The number of nitrogens with one attached hydrogen (secondary N) is 1. The minimum Gasteiger partial charge on any atom is -0.374 e. The summed E-state index contributed by atoms with van der Waals surface area (Å²) in [5.41, 5.74) is 4.48. The molecule has 5 nitrogen and oxygen atoms in total. The van der Waals surface area contributed by atoms with Crippen LogP contribution in [0.15, 0.2) is 41.1 Å². The van der Waals surface area contributed by atoms with Crippen LogP contribution >= 0.6 is 15.9 Å². The van der Waals surface area contributed by atoms with Crippen molar-refractivity contribution in [2.75, 3.05) is 6.61 Å². The first kappa shape index (κ1) is 20.6. The Hall–Kier alpha value is -2.18. The van der Waals surface area contributed by atoms with Crippen LogP contribution in [0.1, 0.15) is 40.9 Å². The third-order valence-electron chi connectivity index (χ3n) is 4.70. The number of hydrogen-bond donors (Lipinski definition) is 1. The maximum atomic E-state index is 12.7. The summed E-state index contributed by atoms with van der Waals surface area (Å²) in [5.74, 6) is -0.162. The highest BCUT2D eigenvalue weighted by molar-refractivity contribution is 9.10. The SMILES string of the molecule is Cc1ccc(COCC(C)(C)NC(=O)c2cnc3c(c2)c(Br)cn3C)c(C)c1. The normalized spacial score (nSPS) is 11.8. The van der Waals surface area contributed by atoms with Crippen molar-refractivity contribution in [1.82, 2.24) is 14.9 Å². The number of halogens is 1. The van der Waals surface area contributed by atoms with E-state index < -0.39 is 5.54 Å². The molecule has 6 heteroatoms. The minimum absolute atomic E-state index is 0.162. The number of aryl methyl sites for hydroxylation is 3. The Labute approximate surface area is 174 Å². The van der Waals surface area contributed by atoms with E-state index >= 15 is 0 Å². The number of benzene rings is 1. The number of amides is 1. The number of rotatable bonds is 6. The molecule has 0 atom stereocenters. The largest absolute Gasteiger partial charge is 0.374 e. The smallest absolute Gasteiger partial charge is 0.253 e. The van der Waals surface area contributed by atoms with E-state index in [9.17, 15) is 4.79 Å². The zero-order valence-electron chi connectivity index (χ0n) is 17.0. The number of carbonyl (C=O) groups excluding carboxylic acids is 1. The van der Waals surface area contributed by atoms with Crippen molar-refractivity contribution in [2.45, 2.75) is 39.8 Å². The molecular formula is C22H26BrN3O2. The quantitative estimate of drug-likeness (QED) is 0.601. The monoisotopic (exact) mass is 443 g/mol. The molecule has 0 unspecified atom stereocenters. The predicted octanol–water partition coefficient (Wildman–Crippen LogP) is 4.68. The van der Waals surface area contributed by atoms with E-state index in [0.717, 1.165) is 21.1 Å². The Morgan fingerprint density at radius 3 is 2.75 bits per heavy atom. The van der Waals surface area contributed by atoms with Gasteiger partial charge in [-0.3, -0.25) is 4.79 Å². The fourth-order valence-electron chi connectivity index (χ4n) is 3.18. The molecule has 0 saturated carbocycles. The lowest BCUT2D eigenvalue weighted by molar-refractivity contribution is 0.0615. The van der Waals surface area contributed by atoms with Crippen LogP contribution < -0.4 is 5.32 Å². The number of carbonyl (C=O) groups is 1. The highest BCUT2D eigenvalue weighted by Gasteiger charge is 2.22. The molecule has 0 radical (unpaired) electrons. The summed E-state index contributed by atoms with van der Waals surface area (Å²) in [6.07, 6.45) is 3.54. The van der Waals surface area contributed by atoms with E-state index in [0.29, 0.717) is 18.8 Å². The molecule has 3 aromatic rings. The second kappa shape index (κ2) is 8.05. The van der Waals surface area contributed by atoms with Crippen LogP contribution in [-0.4, -0.2) is 27.6 Å². The maximum Gasteiger partial charge on any atom is 0.253 e. The molecular weight excluding hydrogens is 418 g/mol. The van der Waals surface area contributed by atoms with Crippen molar-refractivity contribution in [3.63, 3.8) is 0 Å². The first-order valence-electron chi connectivity index (χ1n) is 9.23. The second-order valence-electron chi connectivity index (χ2n) is 7.94. The Balaban J connectivity index is 1.63. The van der Waals surface area contributed by atoms with Gasteiger partial charge in [0.2, 0.25) is 0 Å². The number of hydrogen-bond acceptors (Lipinski definition) is 3. The third-order valence-corrected chi connectivity index (χ3v) is 5.33. The summed E-state index contributed by atoms with van der Waals surface area (Å²) in [7, 11) is 1.93. The van der Waals surface area contributed by atoms with Crippen LogP contribution in [0.3, 0.4) is 0 Å². The molecule has 0 aliphatic heterocycles. The van der Waals surface area contributed by atoms with E-state index in [1.54, 1.807) is 6.20 Å². The molecule has 1 N–H and O–H groups in total. The van der Waals surface area contributed by atoms with Gasteiger partial charge in [0.15, 0.2) is 0 Å². The zero-order valence-corrected chi connectivity index (χ0v) is 18.6. The average Bonchev–Trinajstić information content (AvgIpc) is 2.90. The first-order valence-corrected chi connectivity index (χ1v) is 10.0. The van der Waals surface area contributed by atoms with Crippen LogP contribution in [0.2, 0.25) is 0 Å². The van der Waals surface area contributed by atoms with Crippen LogP contribution in [0.5, 0.6) is 0 Å². The Kier molecular flexibility index (Phi) is 5.91. The molecule has 1 amide bonds. The molecule has 0 fully saturated rings. The molecule has 2 heterocycles. The molecule has 3 rings (SSSR count). The summed E-state index contributed by atoms with van der Waals surface area (Å²) in [6.45, 7) is 9.02. The topological polar surface area (TPSA) is 56.1 Å².